The zero-order chi connectivity index (χ0) is 17.6. The van der Waals surface area contributed by atoms with E-state index in [1.165, 1.54) is 6.92 Å². The third kappa shape index (κ3) is 7.44. The van der Waals surface area contributed by atoms with Gasteiger partial charge in [0, 0.05) is 17.3 Å². The summed E-state index contributed by atoms with van der Waals surface area (Å²) in [5, 5.41) is 5.29. The van der Waals surface area contributed by atoms with Crippen molar-refractivity contribution in [2.24, 2.45) is 0 Å². The number of esters is 1. The van der Waals surface area contributed by atoms with Crippen molar-refractivity contribution in [2.45, 2.75) is 52.7 Å². The molecule has 0 aliphatic carbocycles. The van der Waals surface area contributed by atoms with Gasteiger partial charge in [-0.3, -0.25) is 9.59 Å². The smallest absolute Gasteiger partial charge is 0.319 e. The first-order chi connectivity index (χ1) is 10.6. The minimum absolute atomic E-state index is 0.0765. The SMILES string of the molecule is CC(=O)c1cccc(NC(=O)N[C@H](C)CC(=O)OC(C)(C)C)c1. The summed E-state index contributed by atoms with van der Waals surface area (Å²) in [7, 11) is 0. The summed E-state index contributed by atoms with van der Waals surface area (Å²) in [6.07, 6.45) is 0.0815. The van der Waals surface area contributed by atoms with E-state index in [0.29, 0.717) is 11.3 Å². The van der Waals surface area contributed by atoms with E-state index in [1.54, 1.807) is 52.0 Å². The molecule has 23 heavy (non-hydrogen) atoms. The molecule has 0 heterocycles. The van der Waals surface area contributed by atoms with Gasteiger partial charge in [-0.2, -0.15) is 0 Å². The molecule has 1 rings (SSSR count). The molecule has 0 radical (unpaired) electrons. The molecule has 0 aromatic heterocycles. The molecule has 1 aromatic rings. The first-order valence-electron chi connectivity index (χ1n) is 7.47. The Balaban J connectivity index is 2.51. The van der Waals surface area contributed by atoms with Gasteiger partial charge < -0.3 is 15.4 Å². The average Bonchev–Trinajstić information content (AvgIpc) is 2.35. The van der Waals surface area contributed by atoms with Crippen LogP contribution >= 0.6 is 0 Å². The Morgan fingerprint density at radius 1 is 1.22 bits per heavy atom. The van der Waals surface area contributed by atoms with E-state index >= 15 is 0 Å². The van der Waals surface area contributed by atoms with Crippen molar-refractivity contribution >= 4 is 23.5 Å². The van der Waals surface area contributed by atoms with Crippen molar-refractivity contribution in [3.05, 3.63) is 29.8 Å². The number of rotatable bonds is 5. The van der Waals surface area contributed by atoms with Crippen LogP contribution in [-0.4, -0.2) is 29.4 Å². The second-order valence-electron chi connectivity index (χ2n) is 6.43. The molecular weight excluding hydrogens is 296 g/mol. The Bertz CT molecular complexity index is 591. The van der Waals surface area contributed by atoms with E-state index in [2.05, 4.69) is 10.6 Å². The van der Waals surface area contributed by atoms with E-state index < -0.39 is 11.6 Å². The van der Waals surface area contributed by atoms with Crippen molar-refractivity contribution in [3.8, 4) is 0 Å². The maximum absolute atomic E-state index is 11.9. The molecule has 2 amide bonds. The molecule has 126 valence electrons. The average molecular weight is 320 g/mol. The van der Waals surface area contributed by atoms with Gasteiger partial charge in [-0.05, 0) is 46.8 Å². The van der Waals surface area contributed by atoms with Gasteiger partial charge in [-0.1, -0.05) is 12.1 Å². The van der Waals surface area contributed by atoms with Gasteiger partial charge in [0.1, 0.15) is 5.60 Å². The number of hydrogen-bond acceptors (Lipinski definition) is 4. The number of hydrogen-bond donors (Lipinski definition) is 2. The summed E-state index contributed by atoms with van der Waals surface area (Å²) in [6.45, 7) is 8.55. The zero-order valence-electron chi connectivity index (χ0n) is 14.2. The molecule has 6 heteroatoms. The van der Waals surface area contributed by atoms with Gasteiger partial charge >= 0.3 is 12.0 Å². The molecule has 1 atom stereocenters. The van der Waals surface area contributed by atoms with Crippen LogP contribution in [0.3, 0.4) is 0 Å². The minimum atomic E-state index is -0.549. The standard InChI is InChI=1S/C17H24N2O4/c1-11(9-15(21)23-17(3,4)5)18-16(22)19-14-8-6-7-13(10-14)12(2)20/h6-8,10-11H,9H2,1-5H3,(H2,18,19,22)/t11-/m1/s1. The van der Waals surface area contributed by atoms with E-state index in [4.69, 9.17) is 4.74 Å². The number of urea groups is 1. The molecular formula is C17H24N2O4. The highest BCUT2D eigenvalue weighted by molar-refractivity contribution is 5.96. The van der Waals surface area contributed by atoms with E-state index in [9.17, 15) is 14.4 Å². The van der Waals surface area contributed by atoms with Crippen LogP contribution in [0.25, 0.3) is 0 Å². The number of Topliss-reactive ketones (excluding diaryl/α,β-unsaturated/α-hetero) is 1. The van der Waals surface area contributed by atoms with Crippen LogP contribution in [0.15, 0.2) is 24.3 Å². The van der Waals surface area contributed by atoms with Gasteiger partial charge in [0.15, 0.2) is 5.78 Å². The highest BCUT2D eigenvalue weighted by Crippen LogP contribution is 2.12. The Hall–Kier alpha value is -2.37. The quantitative estimate of drug-likeness (QED) is 0.645. The fraction of sp³-hybridized carbons (Fsp3) is 0.471. The fourth-order valence-electron chi connectivity index (χ4n) is 1.89. The number of nitrogens with one attached hydrogen (secondary N) is 2. The summed E-state index contributed by atoms with van der Waals surface area (Å²) in [6, 6.07) is 5.83. The predicted octanol–water partition coefficient (Wildman–Crippen LogP) is 3.13. The molecule has 0 aliphatic heterocycles. The maximum Gasteiger partial charge on any atom is 0.319 e. The number of amides is 2. The lowest BCUT2D eigenvalue weighted by Crippen LogP contribution is -2.38. The first-order valence-corrected chi connectivity index (χ1v) is 7.47. The Labute approximate surface area is 136 Å². The monoisotopic (exact) mass is 320 g/mol. The Morgan fingerprint density at radius 2 is 1.87 bits per heavy atom. The third-order valence-corrected chi connectivity index (χ3v) is 2.80. The van der Waals surface area contributed by atoms with Crippen LogP contribution in [-0.2, 0) is 9.53 Å². The van der Waals surface area contributed by atoms with Crippen LogP contribution in [0.2, 0.25) is 0 Å². The topological polar surface area (TPSA) is 84.5 Å². The zero-order valence-corrected chi connectivity index (χ0v) is 14.2. The number of ether oxygens (including phenoxy) is 1. The molecule has 0 unspecified atom stereocenters. The van der Waals surface area contributed by atoms with Crippen LogP contribution in [0, 0.1) is 0 Å². The van der Waals surface area contributed by atoms with Gasteiger partial charge in [0.05, 0.1) is 6.42 Å². The second-order valence-corrected chi connectivity index (χ2v) is 6.43. The van der Waals surface area contributed by atoms with Crippen molar-refractivity contribution in [2.75, 3.05) is 5.32 Å². The number of anilines is 1. The molecule has 0 aliphatic rings. The van der Waals surface area contributed by atoms with Gasteiger partial charge in [-0.25, -0.2) is 4.79 Å². The summed E-state index contributed by atoms with van der Waals surface area (Å²) < 4.78 is 5.20. The molecule has 6 nitrogen and oxygen atoms in total. The minimum Gasteiger partial charge on any atom is -0.460 e. The van der Waals surface area contributed by atoms with Crippen LogP contribution in [0.4, 0.5) is 10.5 Å². The number of ketones is 1. The van der Waals surface area contributed by atoms with Crippen LogP contribution in [0.1, 0.15) is 51.4 Å². The van der Waals surface area contributed by atoms with Crippen LogP contribution < -0.4 is 10.6 Å². The van der Waals surface area contributed by atoms with Gasteiger partial charge in [-0.15, -0.1) is 0 Å². The Kier molecular flexibility index (Phi) is 6.30. The summed E-state index contributed by atoms with van der Waals surface area (Å²) in [4.78, 5) is 34.9. The third-order valence-electron chi connectivity index (χ3n) is 2.80. The van der Waals surface area contributed by atoms with Gasteiger partial charge in [0.25, 0.3) is 0 Å². The lowest BCUT2D eigenvalue weighted by molar-refractivity contribution is -0.155. The van der Waals surface area contributed by atoms with E-state index in [-0.39, 0.29) is 24.2 Å². The first kappa shape index (κ1) is 18.7. The molecule has 0 spiro atoms. The highest BCUT2D eigenvalue weighted by atomic mass is 16.6. The molecule has 0 saturated carbocycles. The predicted molar refractivity (Wildman–Crippen MR) is 88.5 cm³/mol. The van der Waals surface area contributed by atoms with Crippen LogP contribution in [0.5, 0.6) is 0 Å². The largest absolute Gasteiger partial charge is 0.460 e. The summed E-state index contributed by atoms with van der Waals surface area (Å²) in [5.41, 5.74) is 0.482. The molecule has 0 fully saturated rings. The van der Waals surface area contributed by atoms with E-state index in [1.807, 2.05) is 0 Å². The molecule has 1 aromatic carbocycles. The summed E-state index contributed by atoms with van der Waals surface area (Å²) >= 11 is 0. The number of carbonyl (C=O) groups excluding carboxylic acids is 3. The fourth-order valence-corrected chi connectivity index (χ4v) is 1.89. The van der Waals surface area contributed by atoms with E-state index in [0.717, 1.165) is 0 Å². The van der Waals surface area contributed by atoms with Crippen molar-refractivity contribution < 1.29 is 19.1 Å². The lowest BCUT2D eigenvalue weighted by Gasteiger charge is -2.21. The van der Waals surface area contributed by atoms with Crippen molar-refractivity contribution in [1.29, 1.82) is 0 Å². The molecule has 2 N–H and O–H groups in total. The van der Waals surface area contributed by atoms with Crippen molar-refractivity contribution in [3.63, 3.8) is 0 Å². The summed E-state index contributed by atoms with van der Waals surface area (Å²) in [5.74, 6) is -0.448. The normalized spacial score (nSPS) is 12.2. The van der Waals surface area contributed by atoms with Crippen molar-refractivity contribution in [1.82, 2.24) is 5.32 Å². The second kappa shape index (κ2) is 7.76. The lowest BCUT2D eigenvalue weighted by atomic mass is 10.1. The molecule has 0 saturated heterocycles. The number of carbonyl (C=O) groups is 3. The Morgan fingerprint density at radius 3 is 2.43 bits per heavy atom. The number of benzene rings is 1. The van der Waals surface area contributed by atoms with Gasteiger partial charge in [0.2, 0.25) is 0 Å². The molecule has 0 bridgehead atoms. The maximum atomic E-state index is 11.9. The highest BCUT2D eigenvalue weighted by Gasteiger charge is 2.19.